The fourth-order valence-electron chi connectivity index (χ4n) is 3.57. The maximum Gasteiger partial charge on any atom is 0.307 e. The molecule has 186 valence electrons. The zero-order chi connectivity index (χ0) is 25.8. The summed E-state index contributed by atoms with van der Waals surface area (Å²) in [5.41, 5.74) is 2.48. The molecule has 2 aromatic carbocycles. The lowest BCUT2D eigenvalue weighted by Gasteiger charge is -2.19. The third-order valence-electron chi connectivity index (χ3n) is 5.70. The maximum atomic E-state index is 13.3. The van der Waals surface area contributed by atoms with E-state index < -0.39 is 16.1 Å². The van der Waals surface area contributed by atoms with E-state index in [9.17, 15) is 18.0 Å². The summed E-state index contributed by atoms with van der Waals surface area (Å²) >= 11 is 0. The van der Waals surface area contributed by atoms with Gasteiger partial charge >= 0.3 is 10.2 Å². The first kappa shape index (κ1) is 26.2. The molecule has 0 aliphatic carbocycles. The van der Waals surface area contributed by atoms with Gasteiger partial charge < -0.3 is 10.2 Å². The Kier molecular flexibility index (Phi) is 8.14. The van der Waals surface area contributed by atoms with Crippen molar-refractivity contribution >= 4 is 39.0 Å². The minimum absolute atomic E-state index is 0.0688. The second kappa shape index (κ2) is 10.9. The number of nitrogens with zero attached hydrogens (tertiary/aromatic N) is 3. The van der Waals surface area contributed by atoms with Crippen LogP contribution in [0.15, 0.2) is 60.4 Å². The lowest BCUT2D eigenvalue weighted by atomic mass is 10.1. The fraction of sp³-hybridized carbons (Fsp3) is 0.308. The van der Waals surface area contributed by atoms with Gasteiger partial charge in [-0.2, -0.15) is 12.7 Å². The molecule has 0 spiro atoms. The molecule has 1 heterocycles. The quantitative estimate of drug-likeness (QED) is 0.458. The van der Waals surface area contributed by atoms with Crippen LogP contribution >= 0.6 is 0 Å². The van der Waals surface area contributed by atoms with Crippen LogP contribution in [0, 0.1) is 6.92 Å². The molecule has 0 radical (unpaired) electrons. The number of benzene rings is 2. The number of unbranched alkanes of at least 4 members (excludes halogenated alkanes) is 1. The summed E-state index contributed by atoms with van der Waals surface area (Å²) in [6, 6.07) is 14.1. The van der Waals surface area contributed by atoms with E-state index >= 15 is 0 Å². The highest BCUT2D eigenvalue weighted by Crippen LogP contribution is 2.26. The third kappa shape index (κ3) is 5.80. The standard InChI is InChI=1S/C26H32N4O4S/c1-6-7-16-29(5)26(32)23(27-25(31)20-14-12-19(2)13-15-20)17-21-18-30(35(33,34)28(3)4)24-11-9-8-10-22(21)24/h8-15,17-18H,6-7,16H2,1-5H3,(H,27,31). The fourth-order valence-corrected chi connectivity index (χ4v) is 4.57. The first-order valence-corrected chi connectivity index (χ1v) is 12.8. The first-order chi connectivity index (χ1) is 16.6. The van der Waals surface area contributed by atoms with E-state index in [4.69, 9.17) is 0 Å². The predicted molar refractivity (Wildman–Crippen MR) is 139 cm³/mol. The molecular formula is C26H32N4O4S. The first-order valence-electron chi connectivity index (χ1n) is 11.4. The Bertz CT molecular complexity index is 1360. The van der Waals surface area contributed by atoms with Crippen molar-refractivity contribution in [3.05, 3.63) is 77.1 Å². The third-order valence-corrected chi connectivity index (χ3v) is 7.43. The van der Waals surface area contributed by atoms with Crippen LogP contribution in [0.3, 0.4) is 0 Å². The van der Waals surface area contributed by atoms with Crippen LogP contribution in [0.1, 0.15) is 41.3 Å². The number of amides is 2. The average molecular weight is 497 g/mol. The van der Waals surface area contributed by atoms with E-state index in [2.05, 4.69) is 5.32 Å². The van der Waals surface area contributed by atoms with Crippen molar-refractivity contribution in [1.82, 2.24) is 18.5 Å². The smallest absolute Gasteiger partial charge is 0.307 e. The molecule has 0 saturated carbocycles. The van der Waals surface area contributed by atoms with Gasteiger partial charge in [-0.25, -0.2) is 3.97 Å². The maximum absolute atomic E-state index is 13.3. The highest BCUT2D eigenvalue weighted by Gasteiger charge is 2.23. The predicted octanol–water partition coefficient (Wildman–Crippen LogP) is 3.63. The van der Waals surface area contributed by atoms with Gasteiger partial charge in [-0.15, -0.1) is 0 Å². The molecular weight excluding hydrogens is 464 g/mol. The molecule has 2 amide bonds. The molecule has 3 rings (SSSR count). The largest absolute Gasteiger partial charge is 0.340 e. The monoisotopic (exact) mass is 496 g/mol. The van der Waals surface area contributed by atoms with Gasteiger partial charge in [0.15, 0.2) is 0 Å². The number of fused-ring (bicyclic) bond motifs is 1. The molecule has 3 aromatic rings. The zero-order valence-electron chi connectivity index (χ0n) is 20.8. The van der Waals surface area contributed by atoms with Crippen LogP contribution in [0.25, 0.3) is 17.0 Å². The molecule has 1 N–H and O–H groups in total. The summed E-state index contributed by atoms with van der Waals surface area (Å²) in [4.78, 5) is 27.9. The molecule has 8 nitrogen and oxygen atoms in total. The highest BCUT2D eigenvalue weighted by atomic mass is 32.2. The van der Waals surface area contributed by atoms with E-state index in [0.29, 0.717) is 28.6 Å². The number of aryl methyl sites for hydroxylation is 1. The van der Waals surface area contributed by atoms with Crippen LogP contribution in [0.5, 0.6) is 0 Å². The molecule has 0 fully saturated rings. The number of carbonyl (C=O) groups excluding carboxylic acids is 2. The SMILES string of the molecule is CCCCN(C)C(=O)C(=Cc1cn(S(=O)(=O)N(C)C)c2ccccc12)NC(=O)c1ccc(C)cc1. The number of likely N-dealkylation sites (N-methyl/N-ethyl adjacent to an activating group) is 1. The van der Waals surface area contributed by atoms with Gasteiger partial charge in [-0.05, 0) is 37.6 Å². The Morgan fingerprint density at radius 1 is 1.03 bits per heavy atom. The zero-order valence-corrected chi connectivity index (χ0v) is 21.6. The number of carbonyl (C=O) groups is 2. The van der Waals surface area contributed by atoms with E-state index in [1.54, 1.807) is 54.4 Å². The van der Waals surface area contributed by atoms with E-state index in [-0.39, 0.29) is 11.6 Å². The Labute approximate surface area is 207 Å². The van der Waals surface area contributed by atoms with Crippen molar-refractivity contribution in [2.45, 2.75) is 26.7 Å². The second-order valence-corrected chi connectivity index (χ2v) is 10.7. The number of nitrogens with one attached hydrogen (secondary N) is 1. The topological polar surface area (TPSA) is 91.7 Å². The lowest BCUT2D eigenvalue weighted by Crippen LogP contribution is -2.36. The summed E-state index contributed by atoms with van der Waals surface area (Å²) in [5, 5.41) is 3.40. The molecule has 0 saturated heterocycles. The van der Waals surface area contributed by atoms with Gasteiger partial charge in [0.05, 0.1) is 5.52 Å². The van der Waals surface area contributed by atoms with Gasteiger partial charge in [-0.1, -0.05) is 49.2 Å². The molecule has 0 bridgehead atoms. The van der Waals surface area contributed by atoms with Crippen LogP contribution in [0.4, 0.5) is 0 Å². The number of rotatable bonds is 9. The van der Waals surface area contributed by atoms with E-state index in [1.165, 1.54) is 24.3 Å². The van der Waals surface area contributed by atoms with Crippen LogP contribution in [-0.2, 0) is 15.0 Å². The molecule has 9 heteroatoms. The molecule has 0 atom stereocenters. The molecule has 0 unspecified atom stereocenters. The van der Waals surface area contributed by atoms with Gasteiger partial charge in [0.1, 0.15) is 5.70 Å². The highest BCUT2D eigenvalue weighted by molar-refractivity contribution is 7.87. The minimum Gasteiger partial charge on any atom is -0.340 e. The van der Waals surface area contributed by atoms with Crippen molar-refractivity contribution in [2.24, 2.45) is 0 Å². The number of hydrogen-bond acceptors (Lipinski definition) is 4. The van der Waals surface area contributed by atoms with Gasteiger partial charge in [0, 0.05) is 50.4 Å². The van der Waals surface area contributed by atoms with Gasteiger partial charge in [-0.3, -0.25) is 9.59 Å². The van der Waals surface area contributed by atoms with Crippen LogP contribution in [-0.4, -0.2) is 61.1 Å². The number of hydrogen-bond donors (Lipinski definition) is 1. The Balaban J connectivity index is 2.11. The van der Waals surface area contributed by atoms with Crippen LogP contribution in [0.2, 0.25) is 0 Å². The van der Waals surface area contributed by atoms with Gasteiger partial charge in [0.25, 0.3) is 11.8 Å². The minimum atomic E-state index is -3.80. The molecule has 0 aliphatic heterocycles. The van der Waals surface area contributed by atoms with Crippen molar-refractivity contribution < 1.29 is 18.0 Å². The molecule has 35 heavy (non-hydrogen) atoms. The van der Waals surface area contributed by atoms with E-state index in [0.717, 1.165) is 22.7 Å². The van der Waals surface area contributed by atoms with Crippen molar-refractivity contribution in [3.8, 4) is 0 Å². The van der Waals surface area contributed by atoms with Crippen molar-refractivity contribution in [2.75, 3.05) is 27.7 Å². The Hall–Kier alpha value is -3.43. The van der Waals surface area contributed by atoms with Crippen LogP contribution < -0.4 is 5.32 Å². The molecule has 1 aromatic heterocycles. The number of aromatic nitrogens is 1. The Morgan fingerprint density at radius 2 is 1.69 bits per heavy atom. The lowest BCUT2D eigenvalue weighted by molar-refractivity contribution is -0.126. The molecule has 0 aliphatic rings. The average Bonchev–Trinajstić information content (AvgIpc) is 3.21. The summed E-state index contributed by atoms with van der Waals surface area (Å²) in [6.07, 6.45) is 4.75. The van der Waals surface area contributed by atoms with Crippen molar-refractivity contribution in [3.63, 3.8) is 0 Å². The van der Waals surface area contributed by atoms with Gasteiger partial charge in [0.2, 0.25) is 0 Å². The summed E-state index contributed by atoms with van der Waals surface area (Å²) in [6.45, 7) is 4.49. The van der Waals surface area contributed by atoms with Crippen molar-refractivity contribution in [1.29, 1.82) is 0 Å². The Morgan fingerprint density at radius 3 is 2.31 bits per heavy atom. The van der Waals surface area contributed by atoms with E-state index in [1.807, 2.05) is 26.0 Å². The summed E-state index contributed by atoms with van der Waals surface area (Å²) in [7, 11) is 0.800. The normalized spacial score (nSPS) is 12.2. The summed E-state index contributed by atoms with van der Waals surface area (Å²) < 4.78 is 28.1. The second-order valence-electron chi connectivity index (χ2n) is 8.65. The number of para-hydroxylation sites is 1. The summed E-state index contributed by atoms with van der Waals surface area (Å²) in [5.74, 6) is -0.774.